The maximum absolute atomic E-state index is 9.54. The molecule has 3 rings (SSSR count). The molecule has 0 spiro atoms. The van der Waals surface area contributed by atoms with E-state index in [1.165, 1.54) is 21.9 Å². The number of hydrogen-bond acceptors (Lipinski definition) is 1. The maximum atomic E-state index is 9.54. The molecule has 0 radical (unpaired) electrons. The fourth-order valence-corrected chi connectivity index (χ4v) is 2.64. The molecule has 3 aromatic rings. The Labute approximate surface area is 113 Å². The van der Waals surface area contributed by atoms with Crippen molar-refractivity contribution in [2.45, 2.75) is 13.5 Å². The Morgan fingerprint density at radius 2 is 1.58 bits per heavy atom. The summed E-state index contributed by atoms with van der Waals surface area (Å²) >= 11 is 0. The van der Waals surface area contributed by atoms with Gasteiger partial charge in [-0.3, -0.25) is 0 Å². The van der Waals surface area contributed by atoms with Crippen molar-refractivity contribution in [2.75, 3.05) is 0 Å². The zero-order valence-corrected chi connectivity index (χ0v) is 10.9. The Morgan fingerprint density at radius 3 is 2.42 bits per heavy atom. The summed E-state index contributed by atoms with van der Waals surface area (Å²) in [4.78, 5) is 0. The van der Waals surface area contributed by atoms with Crippen LogP contribution in [0.25, 0.3) is 21.9 Å². The number of benzene rings is 3. The monoisotopic (exact) mass is 248 g/mol. The number of hydrogen-bond donors (Lipinski definition) is 1. The van der Waals surface area contributed by atoms with Gasteiger partial charge >= 0.3 is 0 Å². The van der Waals surface area contributed by atoms with E-state index in [4.69, 9.17) is 0 Å². The van der Waals surface area contributed by atoms with Crippen LogP contribution in [0.5, 0.6) is 0 Å². The van der Waals surface area contributed by atoms with Crippen LogP contribution in [0.2, 0.25) is 0 Å². The van der Waals surface area contributed by atoms with Crippen LogP contribution in [0, 0.1) is 6.92 Å². The molecule has 0 amide bonds. The summed E-state index contributed by atoms with van der Waals surface area (Å²) in [6, 6.07) is 20.7. The van der Waals surface area contributed by atoms with Crippen LogP contribution in [0.4, 0.5) is 0 Å². The maximum Gasteiger partial charge on any atom is 0.0687 e. The molecule has 3 aromatic carbocycles. The molecule has 0 heterocycles. The van der Waals surface area contributed by atoms with Crippen molar-refractivity contribution >= 4 is 10.8 Å². The van der Waals surface area contributed by atoms with Gasteiger partial charge in [0.05, 0.1) is 6.61 Å². The van der Waals surface area contributed by atoms with E-state index in [2.05, 4.69) is 49.4 Å². The van der Waals surface area contributed by atoms with Gasteiger partial charge in [0.25, 0.3) is 0 Å². The van der Waals surface area contributed by atoms with Crippen molar-refractivity contribution in [1.29, 1.82) is 0 Å². The molecule has 0 saturated heterocycles. The number of aryl methyl sites for hydroxylation is 1. The molecule has 1 N–H and O–H groups in total. The second-order valence-electron chi connectivity index (χ2n) is 4.79. The van der Waals surface area contributed by atoms with Crippen molar-refractivity contribution in [1.82, 2.24) is 0 Å². The van der Waals surface area contributed by atoms with Gasteiger partial charge in [-0.2, -0.15) is 0 Å². The Bertz CT molecular complexity index is 729. The van der Waals surface area contributed by atoms with Gasteiger partial charge in [-0.05, 0) is 39.9 Å². The molecular formula is C18H16O. The predicted octanol–water partition coefficient (Wildman–Crippen LogP) is 4.31. The Hall–Kier alpha value is -2.12. The minimum Gasteiger partial charge on any atom is -0.392 e. The second kappa shape index (κ2) is 4.87. The number of aliphatic hydroxyl groups excluding tert-OH is 1. The Balaban J connectivity index is 2.38. The average Bonchev–Trinajstić information content (AvgIpc) is 2.47. The van der Waals surface area contributed by atoms with Crippen LogP contribution < -0.4 is 0 Å². The minimum atomic E-state index is 0.0683. The quantitative estimate of drug-likeness (QED) is 0.716. The van der Waals surface area contributed by atoms with E-state index in [1.807, 2.05) is 18.2 Å². The molecular weight excluding hydrogens is 232 g/mol. The first-order valence-electron chi connectivity index (χ1n) is 6.49. The Kier molecular flexibility index (Phi) is 3.06. The fourth-order valence-electron chi connectivity index (χ4n) is 2.64. The number of rotatable bonds is 2. The molecule has 19 heavy (non-hydrogen) atoms. The summed E-state index contributed by atoms with van der Waals surface area (Å²) in [6.07, 6.45) is 0. The largest absolute Gasteiger partial charge is 0.392 e. The molecule has 0 bridgehead atoms. The van der Waals surface area contributed by atoms with Crippen LogP contribution in [-0.2, 0) is 6.61 Å². The van der Waals surface area contributed by atoms with Crippen molar-refractivity contribution in [3.05, 3.63) is 71.8 Å². The zero-order chi connectivity index (χ0) is 13.2. The smallest absolute Gasteiger partial charge is 0.0687 e. The van der Waals surface area contributed by atoms with Crippen LogP contribution in [0.1, 0.15) is 11.1 Å². The van der Waals surface area contributed by atoms with Gasteiger partial charge in [-0.1, -0.05) is 60.7 Å². The van der Waals surface area contributed by atoms with E-state index in [0.717, 1.165) is 11.1 Å². The van der Waals surface area contributed by atoms with Gasteiger partial charge in [0.15, 0.2) is 0 Å². The summed E-state index contributed by atoms with van der Waals surface area (Å²) < 4.78 is 0. The van der Waals surface area contributed by atoms with Crippen LogP contribution in [0.15, 0.2) is 60.7 Å². The molecule has 0 atom stereocenters. The van der Waals surface area contributed by atoms with E-state index < -0.39 is 0 Å². The molecule has 1 nitrogen and oxygen atoms in total. The summed E-state index contributed by atoms with van der Waals surface area (Å²) in [5.41, 5.74) is 4.56. The lowest BCUT2D eigenvalue weighted by atomic mass is 9.91. The number of aliphatic hydroxyl groups is 1. The zero-order valence-electron chi connectivity index (χ0n) is 10.9. The molecule has 94 valence electrons. The molecule has 0 aromatic heterocycles. The van der Waals surface area contributed by atoms with E-state index in [1.54, 1.807) is 0 Å². The summed E-state index contributed by atoms with van der Waals surface area (Å²) in [7, 11) is 0. The average molecular weight is 248 g/mol. The molecule has 0 aliphatic carbocycles. The third-order valence-electron chi connectivity index (χ3n) is 3.59. The topological polar surface area (TPSA) is 20.2 Å². The van der Waals surface area contributed by atoms with E-state index >= 15 is 0 Å². The summed E-state index contributed by atoms with van der Waals surface area (Å²) in [6.45, 7) is 2.19. The van der Waals surface area contributed by atoms with Gasteiger partial charge < -0.3 is 5.11 Å². The second-order valence-corrected chi connectivity index (χ2v) is 4.79. The van der Waals surface area contributed by atoms with Gasteiger partial charge in [-0.15, -0.1) is 0 Å². The van der Waals surface area contributed by atoms with Crippen LogP contribution in [0.3, 0.4) is 0 Å². The van der Waals surface area contributed by atoms with E-state index in [0.29, 0.717) is 0 Å². The lowest BCUT2D eigenvalue weighted by molar-refractivity contribution is 0.282. The van der Waals surface area contributed by atoms with Gasteiger partial charge in [0, 0.05) is 0 Å². The van der Waals surface area contributed by atoms with Crippen molar-refractivity contribution in [2.24, 2.45) is 0 Å². The molecule has 0 unspecified atom stereocenters. The third kappa shape index (κ3) is 2.02. The molecule has 0 saturated carbocycles. The standard InChI is InChI=1S/C18H16O/c1-13-10-11-14-6-2-4-8-16(14)18(13)17-9-5-3-7-15(17)12-19/h2-11,19H,12H2,1H3. The van der Waals surface area contributed by atoms with Crippen molar-refractivity contribution < 1.29 is 5.11 Å². The van der Waals surface area contributed by atoms with Crippen LogP contribution in [-0.4, -0.2) is 5.11 Å². The third-order valence-corrected chi connectivity index (χ3v) is 3.59. The lowest BCUT2D eigenvalue weighted by Gasteiger charge is -2.13. The first kappa shape index (κ1) is 11.9. The van der Waals surface area contributed by atoms with Gasteiger partial charge in [0.1, 0.15) is 0 Å². The normalized spacial score (nSPS) is 10.8. The fraction of sp³-hybridized carbons (Fsp3) is 0.111. The number of fused-ring (bicyclic) bond motifs is 1. The highest BCUT2D eigenvalue weighted by molar-refractivity contribution is 5.98. The summed E-state index contributed by atoms with van der Waals surface area (Å²) in [5.74, 6) is 0. The molecule has 0 aliphatic rings. The SMILES string of the molecule is Cc1ccc2ccccc2c1-c1ccccc1CO. The predicted molar refractivity (Wildman–Crippen MR) is 80.0 cm³/mol. The van der Waals surface area contributed by atoms with Crippen molar-refractivity contribution in [3.8, 4) is 11.1 Å². The highest BCUT2D eigenvalue weighted by atomic mass is 16.3. The van der Waals surface area contributed by atoms with Gasteiger partial charge in [0.2, 0.25) is 0 Å². The minimum absolute atomic E-state index is 0.0683. The van der Waals surface area contributed by atoms with Crippen molar-refractivity contribution in [3.63, 3.8) is 0 Å². The first-order valence-corrected chi connectivity index (χ1v) is 6.49. The Morgan fingerprint density at radius 1 is 0.842 bits per heavy atom. The highest BCUT2D eigenvalue weighted by Gasteiger charge is 2.10. The van der Waals surface area contributed by atoms with E-state index in [-0.39, 0.29) is 6.61 Å². The van der Waals surface area contributed by atoms with Gasteiger partial charge in [-0.25, -0.2) is 0 Å². The summed E-state index contributed by atoms with van der Waals surface area (Å²) in [5, 5.41) is 12.0. The van der Waals surface area contributed by atoms with E-state index in [9.17, 15) is 5.11 Å². The lowest BCUT2D eigenvalue weighted by Crippen LogP contribution is -1.92. The highest BCUT2D eigenvalue weighted by Crippen LogP contribution is 2.33. The molecule has 0 aliphatic heterocycles. The molecule has 0 fully saturated rings. The van der Waals surface area contributed by atoms with Crippen LogP contribution >= 0.6 is 0 Å². The molecule has 1 heteroatoms. The first-order chi connectivity index (χ1) is 9.31.